The molecule has 2 aliphatic heterocycles. The van der Waals surface area contributed by atoms with Crippen molar-refractivity contribution >= 4 is 44.8 Å². The third-order valence-corrected chi connectivity index (χ3v) is 6.36. The molecular formula is C23H17BrCl2N2O2. The molecule has 2 aliphatic rings. The fraction of sp³-hybridized carbons (Fsp3) is 0.174. The van der Waals surface area contributed by atoms with E-state index in [1.165, 1.54) is 0 Å². The molecule has 7 heteroatoms. The van der Waals surface area contributed by atoms with E-state index in [9.17, 15) is 0 Å². The number of rotatable bonds is 3. The Kier molecular flexibility index (Phi) is 5.13. The van der Waals surface area contributed by atoms with Crippen molar-refractivity contribution in [3.63, 3.8) is 0 Å². The van der Waals surface area contributed by atoms with Crippen LogP contribution in [0.3, 0.4) is 0 Å². The van der Waals surface area contributed by atoms with Crippen LogP contribution >= 0.6 is 39.1 Å². The summed E-state index contributed by atoms with van der Waals surface area (Å²) in [5, 5.41) is 8.07. The topological polar surface area (TPSA) is 34.1 Å². The first-order chi connectivity index (χ1) is 14.5. The third-order valence-electron chi connectivity index (χ3n) is 5.37. The van der Waals surface area contributed by atoms with Gasteiger partial charge >= 0.3 is 0 Å². The Hall–Kier alpha value is -2.21. The number of benzene rings is 3. The van der Waals surface area contributed by atoms with Crippen molar-refractivity contribution in [3.8, 4) is 11.5 Å². The normalized spacial score (nSPS) is 19.6. The highest BCUT2D eigenvalue weighted by molar-refractivity contribution is 9.10. The molecule has 0 aromatic heterocycles. The van der Waals surface area contributed by atoms with Gasteiger partial charge in [-0.15, -0.1) is 0 Å². The Morgan fingerprint density at radius 2 is 1.90 bits per heavy atom. The van der Waals surface area contributed by atoms with Gasteiger partial charge in [0.2, 0.25) is 6.23 Å². The van der Waals surface area contributed by atoms with Crippen molar-refractivity contribution in [2.75, 3.05) is 7.11 Å². The molecule has 152 valence electrons. The minimum absolute atomic E-state index is 0.0222. The number of methoxy groups -OCH3 is 1. The maximum atomic E-state index is 6.52. The fourth-order valence-electron chi connectivity index (χ4n) is 3.95. The summed E-state index contributed by atoms with van der Waals surface area (Å²) < 4.78 is 12.6. The Morgan fingerprint density at radius 3 is 2.63 bits per heavy atom. The van der Waals surface area contributed by atoms with E-state index in [0.29, 0.717) is 15.8 Å². The lowest BCUT2D eigenvalue weighted by Gasteiger charge is -2.38. The molecule has 0 aliphatic carbocycles. The van der Waals surface area contributed by atoms with Crippen LogP contribution in [0.25, 0.3) is 0 Å². The van der Waals surface area contributed by atoms with Crippen molar-refractivity contribution in [3.05, 3.63) is 91.9 Å². The molecule has 0 saturated carbocycles. The maximum absolute atomic E-state index is 6.52. The summed E-state index contributed by atoms with van der Waals surface area (Å²) in [6.07, 6.45) is 0.332. The second-order valence-electron chi connectivity index (χ2n) is 7.21. The first-order valence-corrected chi connectivity index (χ1v) is 11.0. The zero-order valence-electron chi connectivity index (χ0n) is 16.0. The molecule has 0 fully saturated rings. The Labute approximate surface area is 193 Å². The van der Waals surface area contributed by atoms with E-state index in [0.717, 1.165) is 39.0 Å². The number of hydrazone groups is 1. The van der Waals surface area contributed by atoms with Gasteiger partial charge in [0.1, 0.15) is 11.5 Å². The average Bonchev–Trinajstić information content (AvgIpc) is 3.19. The van der Waals surface area contributed by atoms with Crippen molar-refractivity contribution < 1.29 is 9.47 Å². The summed E-state index contributed by atoms with van der Waals surface area (Å²) in [4.78, 5) is 0. The molecule has 0 amide bonds. The highest BCUT2D eigenvalue weighted by Gasteiger charge is 2.42. The van der Waals surface area contributed by atoms with Crippen LogP contribution in [0, 0.1) is 0 Å². The van der Waals surface area contributed by atoms with Crippen molar-refractivity contribution in [1.29, 1.82) is 0 Å². The Morgan fingerprint density at radius 1 is 1.10 bits per heavy atom. The van der Waals surface area contributed by atoms with Crippen LogP contribution in [0.4, 0.5) is 0 Å². The van der Waals surface area contributed by atoms with Gasteiger partial charge in [-0.3, -0.25) is 0 Å². The molecule has 0 saturated heterocycles. The molecular weight excluding hydrogens is 487 g/mol. The number of fused-ring (bicyclic) bond motifs is 3. The molecule has 3 aromatic rings. The van der Waals surface area contributed by atoms with Gasteiger partial charge in [0.05, 0.1) is 23.9 Å². The predicted molar refractivity (Wildman–Crippen MR) is 123 cm³/mol. The summed E-state index contributed by atoms with van der Waals surface area (Å²) in [5.41, 5.74) is 3.97. The van der Waals surface area contributed by atoms with Gasteiger partial charge in [-0.25, -0.2) is 5.01 Å². The molecule has 5 rings (SSSR count). The number of hydrogen-bond acceptors (Lipinski definition) is 4. The highest BCUT2D eigenvalue weighted by Crippen LogP contribution is 2.50. The van der Waals surface area contributed by atoms with Crippen LogP contribution < -0.4 is 9.47 Å². The maximum Gasteiger partial charge on any atom is 0.213 e. The largest absolute Gasteiger partial charge is 0.497 e. The third kappa shape index (κ3) is 3.45. The van der Waals surface area contributed by atoms with Gasteiger partial charge in [-0.1, -0.05) is 51.3 Å². The van der Waals surface area contributed by atoms with Crippen molar-refractivity contribution in [2.24, 2.45) is 5.10 Å². The van der Waals surface area contributed by atoms with Crippen LogP contribution in [0.1, 0.15) is 35.4 Å². The molecule has 2 atom stereocenters. The van der Waals surface area contributed by atoms with Crippen LogP contribution in [0.2, 0.25) is 10.0 Å². The van der Waals surface area contributed by atoms with Gasteiger partial charge in [0.15, 0.2) is 0 Å². The molecule has 0 spiro atoms. The first kappa shape index (κ1) is 19.7. The minimum atomic E-state index is -0.394. The summed E-state index contributed by atoms with van der Waals surface area (Å²) in [6.45, 7) is 0. The standard InChI is InChI=1S/C23H17BrCl2N2O2/c1-29-17-7-5-13(6-8-17)20-12-21-18-10-16(25)11-19(26)22(18)30-23(28(21)27-20)14-3-2-4-15(24)9-14/h2-11,21,23H,12H2,1H3/t21-,23-/m1/s1. The van der Waals surface area contributed by atoms with E-state index in [1.54, 1.807) is 13.2 Å². The second kappa shape index (κ2) is 7.80. The summed E-state index contributed by atoms with van der Waals surface area (Å²) >= 11 is 16.4. The van der Waals surface area contributed by atoms with E-state index in [1.807, 2.05) is 59.6 Å². The van der Waals surface area contributed by atoms with Crippen molar-refractivity contribution in [2.45, 2.75) is 18.7 Å². The van der Waals surface area contributed by atoms with Gasteiger partial charge in [0, 0.05) is 27.0 Å². The zero-order valence-corrected chi connectivity index (χ0v) is 19.1. The van der Waals surface area contributed by atoms with E-state index in [4.69, 9.17) is 37.8 Å². The second-order valence-corrected chi connectivity index (χ2v) is 8.97. The van der Waals surface area contributed by atoms with Crippen molar-refractivity contribution in [1.82, 2.24) is 5.01 Å². The monoisotopic (exact) mass is 502 g/mol. The van der Waals surface area contributed by atoms with E-state index in [-0.39, 0.29) is 6.04 Å². The van der Waals surface area contributed by atoms with Gasteiger partial charge in [0.25, 0.3) is 0 Å². The van der Waals surface area contributed by atoms with Crippen LogP contribution in [0.5, 0.6) is 11.5 Å². The van der Waals surface area contributed by atoms with E-state index >= 15 is 0 Å². The number of hydrogen-bond donors (Lipinski definition) is 0. The predicted octanol–water partition coefficient (Wildman–Crippen LogP) is 7.01. The number of nitrogens with zero attached hydrogens (tertiary/aromatic N) is 2. The van der Waals surface area contributed by atoms with Crippen LogP contribution in [-0.2, 0) is 0 Å². The van der Waals surface area contributed by atoms with Gasteiger partial charge in [-0.2, -0.15) is 5.10 Å². The SMILES string of the molecule is COc1ccc(C2=NN3[C@H](C2)c2cc(Cl)cc(Cl)c2O[C@@H]3c2cccc(Br)c2)cc1. The molecule has 0 bridgehead atoms. The fourth-order valence-corrected chi connectivity index (χ4v) is 4.92. The number of halogens is 3. The molecule has 0 N–H and O–H groups in total. The van der Waals surface area contributed by atoms with E-state index < -0.39 is 6.23 Å². The molecule has 4 nitrogen and oxygen atoms in total. The molecule has 0 unspecified atom stereocenters. The van der Waals surface area contributed by atoms with Crippen LogP contribution in [-0.4, -0.2) is 17.8 Å². The average molecular weight is 504 g/mol. The van der Waals surface area contributed by atoms with Gasteiger partial charge in [-0.05, 0) is 54.1 Å². The Bertz CT molecular complexity index is 1150. The summed E-state index contributed by atoms with van der Waals surface area (Å²) in [7, 11) is 1.66. The van der Waals surface area contributed by atoms with Gasteiger partial charge < -0.3 is 9.47 Å². The molecule has 2 heterocycles. The lowest BCUT2D eigenvalue weighted by Crippen LogP contribution is -2.33. The number of ether oxygens (including phenoxy) is 2. The molecule has 3 aromatic carbocycles. The molecule has 30 heavy (non-hydrogen) atoms. The Balaban J connectivity index is 1.61. The highest BCUT2D eigenvalue weighted by atomic mass is 79.9. The lowest BCUT2D eigenvalue weighted by atomic mass is 9.96. The minimum Gasteiger partial charge on any atom is -0.497 e. The van der Waals surface area contributed by atoms with E-state index in [2.05, 4.69) is 15.9 Å². The quantitative estimate of drug-likeness (QED) is 0.385. The smallest absolute Gasteiger partial charge is 0.213 e. The summed E-state index contributed by atoms with van der Waals surface area (Å²) in [5.74, 6) is 1.48. The zero-order chi connectivity index (χ0) is 20.8. The first-order valence-electron chi connectivity index (χ1n) is 9.45. The lowest BCUT2D eigenvalue weighted by molar-refractivity contribution is -0.0189. The molecule has 0 radical (unpaired) electrons. The summed E-state index contributed by atoms with van der Waals surface area (Å²) in [6, 6.07) is 19.6. The van der Waals surface area contributed by atoms with Crippen LogP contribution in [0.15, 0.2) is 70.2 Å².